The topological polar surface area (TPSA) is 74.3 Å². The van der Waals surface area contributed by atoms with Gasteiger partial charge in [-0.25, -0.2) is 19.9 Å². The summed E-state index contributed by atoms with van der Waals surface area (Å²) in [7, 11) is 0. The van der Waals surface area contributed by atoms with Crippen LogP contribution in [-0.4, -0.2) is 34.1 Å². The second-order valence-electron chi connectivity index (χ2n) is 13.8. The van der Waals surface area contributed by atoms with Crippen molar-refractivity contribution in [1.29, 1.82) is 0 Å². The number of benzene rings is 5. The standard InChI is InChI=1S/C47H27N7S2/c1-2-7-28(8-3-1)32-23-51-47(52-24-32)54-38-11-5-4-10-35(38)43-40(54)17-15-34-37(27-56-45(34)43)30-12-14-36-41(21-30)53(39-16-13-29-18-20-55-44(29)42(36)39)33-25-49-46(50-26-33)31-9-6-19-48-22-31/h1-27H. The molecule has 0 saturated heterocycles. The van der Waals surface area contributed by atoms with Crippen molar-refractivity contribution < 1.29 is 0 Å². The van der Waals surface area contributed by atoms with Crippen LogP contribution in [0.3, 0.4) is 0 Å². The zero-order chi connectivity index (χ0) is 36.7. The average molecular weight is 754 g/mol. The Kier molecular flexibility index (Phi) is 6.83. The third-order valence-corrected chi connectivity index (χ3v) is 12.8. The van der Waals surface area contributed by atoms with Gasteiger partial charge in [0.1, 0.15) is 0 Å². The van der Waals surface area contributed by atoms with Crippen LogP contribution in [0.1, 0.15) is 0 Å². The Morgan fingerprint density at radius 2 is 1.21 bits per heavy atom. The van der Waals surface area contributed by atoms with Gasteiger partial charge in [-0.05, 0) is 69.7 Å². The molecule has 0 radical (unpaired) electrons. The van der Waals surface area contributed by atoms with Crippen LogP contribution in [0.5, 0.6) is 0 Å². The summed E-state index contributed by atoms with van der Waals surface area (Å²) in [5.41, 5.74) is 10.7. The van der Waals surface area contributed by atoms with Crippen LogP contribution in [0.2, 0.25) is 0 Å². The molecular formula is C47H27N7S2. The number of aromatic nitrogens is 7. The number of para-hydroxylation sites is 1. The molecule has 9 heteroatoms. The number of hydrogen-bond acceptors (Lipinski definition) is 7. The third kappa shape index (κ3) is 4.65. The molecule has 262 valence electrons. The Hall–Kier alpha value is -7.07. The SMILES string of the molecule is c1ccc(-c2cnc(-n3c4ccccc4c4c5scc(-c6ccc7c8c9sccc9ccc8n(-c8cnc(-c9cccnc9)nc8)c7c6)c5ccc43)nc2)cc1. The summed E-state index contributed by atoms with van der Waals surface area (Å²) in [5.74, 6) is 1.31. The molecule has 7 nitrogen and oxygen atoms in total. The van der Waals surface area contributed by atoms with Crippen LogP contribution in [0.25, 0.3) is 109 Å². The minimum atomic E-state index is 0.650. The van der Waals surface area contributed by atoms with Gasteiger partial charge < -0.3 is 4.57 Å². The first-order chi connectivity index (χ1) is 27.8. The van der Waals surface area contributed by atoms with E-state index in [2.05, 4.69) is 110 Å². The Balaban J connectivity index is 1.04. The predicted molar refractivity (Wildman–Crippen MR) is 231 cm³/mol. The molecule has 0 fully saturated rings. The smallest absolute Gasteiger partial charge is 0.234 e. The number of pyridine rings is 1. The molecule has 0 N–H and O–H groups in total. The lowest BCUT2D eigenvalue weighted by atomic mass is 10.0. The van der Waals surface area contributed by atoms with Crippen molar-refractivity contribution in [1.82, 2.24) is 34.1 Å². The van der Waals surface area contributed by atoms with Crippen LogP contribution in [0.4, 0.5) is 0 Å². The minimum absolute atomic E-state index is 0.650. The molecule has 0 saturated carbocycles. The van der Waals surface area contributed by atoms with E-state index in [4.69, 9.17) is 19.9 Å². The summed E-state index contributed by atoms with van der Waals surface area (Å²) in [5, 5.41) is 11.8. The molecule has 0 aliphatic heterocycles. The van der Waals surface area contributed by atoms with Gasteiger partial charge in [-0.2, -0.15) is 0 Å². The maximum Gasteiger partial charge on any atom is 0.234 e. The average Bonchev–Trinajstić information content (AvgIpc) is 4.06. The van der Waals surface area contributed by atoms with Crippen molar-refractivity contribution >= 4 is 86.5 Å². The fraction of sp³-hybridized carbons (Fsp3) is 0. The number of fused-ring (bicyclic) bond motifs is 10. The zero-order valence-electron chi connectivity index (χ0n) is 29.5. The largest absolute Gasteiger partial charge is 0.306 e. The van der Waals surface area contributed by atoms with Gasteiger partial charge in [0.25, 0.3) is 0 Å². The maximum atomic E-state index is 4.89. The van der Waals surface area contributed by atoms with Gasteiger partial charge >= 0.3 is 0 Å². The van der Waals surface area contributed by atoms with E-state index in [1.807, 2.05) is 55.1 Å². The minimum Gasteiger partial charge on any atom is -0.306 e. The zero-order valence-corrected chi connectivity index (χ0v) is 31.2. The van der Waals surface area contributed by atoms with Gasteiger partial charge in [0, 0.05) is 77.8 Å². The Morgan fingerprint density at radius 1 is 0.464 bits per heavy atom. The van der Waals surface area contributed by atoms with Crippen molar-refractivity contribution in [3.63, 3.8) is 0 Å². The van der Waals surface area contributed by atoms with Crippen LogP contribution in [0.15, 0.2) is 163 Å². The van der Waals surface area contributed by atoms with Crippen LogP contribution in [0, 0.1) is 0 Å². The van der Waals surface area contributed by atoms with Crippen molar-refractivity contribution in [3.8, 4) is 45.3 Å². The van der Waals surface area contributed by atoms with Crippen LogP contribution >= 0.6 is 22.7 Å². The first-order valence-corrected chi connectivity index (χ1v) is 20.0. The molecule has 7 aromatic heterocycles. The second-order valence-corrected chi connectivity index (χ2v) is 15.6. The normalized spacial score (nSPS) is 11.9. The molecule has 0 atom stereocenters. The van der Waals surface area contributed by atoms with Gasteiger partial charge in [0.2, 0.25) is 5.95 Å². The molecule has 0 spiro atoms. The van der Waals surface area contributed by atoms with Gasteiger partial charge in [0.15, 0.2) is 5.82 Å². The van der Waals surface area contributed by atoms with E-state index < -0.39 is 0 Å². The third-order valence-electron chi connectivity index (χ3n) is 10.8. The lowest BCUT2D eigenvalue weighted by Crippen LogP contribution is -2.00. The van der Waals surface area contributed by atoms with E-state index in [9.17, 15) is 0 Å². The molecular weight excluding hydrogens is 727 g/mol. The van der Waals surface area contributed by atoms with Crippen LogP contribution in [-0.2, 0) is 0 Å². The highest BCUT2D eigenvalue weighted by atomic mass is 32.1. The van der Waals surface area contributed by atoms with Crippen LogP contribution < -0.4 is 0 Å². The van der Waals surface area contributed by atoms with Gasteiger partial charge in [-0.3, -0.25) is 9.55 Å². The number of thiophene rings is 2. The Bertz CT molecular complexity index is 3450. The van der Waals surface area contributed by atoms with Gasteiger partial charge in [0.05, 0.1) is 40.1 Å². The first kappa shape index (κ1) is 31.3. The Morgan fingerprint density at radius 3 is 2.07 bits per heavy atom. The highest BCUT2D eigenvalue weighted by Gasteiger charge is 2.21. The number of nitrogens with zero attached hydrogens (tertiary/aromatic N) is 7. The van der Waals surface area contributed by atoms with E-state index in [0.717, 1.165) is 50.0 Å². The Labute approximate surface area is 327 Å². The monoisotopic (exact) mass is 753 g/mol. The molecule has 5 aromatic carbocycles. The van der Waals surface area contributed by atoms with Crippen molar-refractivity contribution in [2.45, 2.75) is 0 Å². The lowest BCUT2D eigenvalue weighted by Gasteiger charge is -2.09. The number of rotatable bonds is 5. The fourth-order valence-electron chi connectivity index (χ4n) is 8.25. The molecule has 12 aromatic rings. The lowest BCUT2D eigenvalue weighted by molar-refractivity contribution is 0.990. The first-order valence-electron chi connectivity index (χ1n) is 18.3. The molecule has 0 aliphatic rings. The predicted octanol–water partition coefficient (Wildman–Crippen LogP) is 12.3. The summed E-state index contributed by atoms with van der Waals surface area (Å²) in [4.78, 5) is 23.6. The van der Waals surface area contributed by atoms with Crippen molar-refractivity contribution in [2.24, 2.45) is 0 Å². The highest BCUT2D eigenvalue weighted by molar-refractivity contribution is 7.19. The van der Waals surface area contributed by atoms with E-state index in [-0.39, 0.29) is 0 Å². The van der Waals surface area contributed by atoms with Gasteiger partial charge in [-0.15, -0.1) is 22.7 Å². The summed E-state index contributed by atoms with van der Waals surface area (Å²) < 4.78 is 7.03. The van der Waals surface area contributed by atoms with Crippen molar-refractivity contribution in [3.05, 3.63) is 163 Å². The second kappa shape index (κ2) is 12.2. The molecule has 0 aliphatic carbocycles. The summed E-state index contributed by atoms with van der Waals surface area (Å²) in [6.45, 7) is 0. The van der Waals surface area contributed by atoms with E-state index >= 15 is 0 Å². The number of hydrogen-bond donors (Lipinski definition) is 0. The van der Waals surface area contributed by atoms with Crippen molar-refractivity contribution in [2.75, 3.05) is 0 Å². The summed E-state index contributed by atoms with van der Waals surface area (Å²) >= 11 is 3.58. The highest BCUT2D eigenvalue weighted by Crippen LogP contribution is 2.45. The molecule has 7 heterocycles. The van der Waals surface area contributed by atoms with E-state index in [0.29, 0.717) is 11.8 Å². The molecule has 0 amide bonds. The molecule has 56 heavy (non-hydrogen) atoms. The summed E-state index contributed by atoms with van der Waals surface area (Å²) in [6, 6.07) is 40.7. The fourth-order valence-corrected chi connectivity index (χ4v) is 10.3. The molecule has 12 rings (SSSR count). The van der Waals surface area contributed by atoms with E-state index in [1.54, 1.807) is 35.1 Å². The van der Waals surface area contributed by atoms with Gasteiger partial charge in [-0.1, -0.05) is 72.8 Å². The molecule has 0 bridgehead atoms. The maximum absolute atomic E-state index is 4.89. The summed E-state index contributed by atoms with van der Waals surface area (Å²) in [6.07, 6.45) is 11.2. The quantitative estimate of drug-likeness (QED) is 0.175. The van der Waals surface area contributed by atoms with E-state index in [1.165, 1.54) is 47.3 Å². The molecule has 0 unspecified atom stereocenters.